The number of esters is 2. The molecule has 0 aliphatic heterocycles. The molecule has 0 aromatic rings. The van der Waals surface area contributed by atoms with Crippen molar-refractivity contribution in [3.63, 3.8) is 0 Å². The van der Waals surface area contributed by atoms with E-state index in [2.05, 4.69) is 4.74 Å². The van der Waals surface area contributed by atoms with Gasteiger partial charge in [0, 0.05) is 12.5 Å². The van der Waals surface area contributed by atoms with Gasteiger partial charge in [-0.05, 0) is 20.3 Å². The molecule has 0 spiro atoms. The van der Waals surface area contributed by atoms with E-state index in [1.165, 1.54) is 6.08 Å². The summed E-state index contributed by atoms with van der Waals surface area (Å²) in [7, 11) is 0. The number of carbonyl (C=O) groups excluding carboxylic acids is 2. The van der Waals surface area contributed by atoms with Crippen LogP contribution >= 0.6 is 0 Å². The monoisotopic (exact) mass is 200 g/mol. The van der Waals surface area contributed by atoms with Gasteiger partial charge in [0.2, 0.25) is 0 Å². The van der Waals surface area contributed by atoms with Crippen molar-refractivity contribution < 1.29 is 19.1 Å². The molecule has 0 saturated carbocycles. The number of hydrogen-bond donors (Lipinski definition) is 0. The Morgan fingerprint density at radius 2 is 1.79 bits per heavy atom. The van der Waals surface area contributed by atoms with Gasteiger partial charge < -0.3 is 9.47 Å². The van der Waals surface area contributed by atoms with E-state index in [1.807, 2.05) is 0 Å². The lowest BCUT2D eigenvalue weighted by Crippen LogP contribution is -2.03. The number of allylic oxidation sites excluding steroid dienone is 1. The molecule has 80 valence electrons. The molecule has 0 N–H and O–H groups in total. The first-order valence-corrected chi connectivity index (χ1v) is 4.69. The van der Waals surface area contributed by atoms with Gasteiger partial charge in [0.1, 0.15) is 0 Å². The highest BCUT2D eigenvalue weighted by molar-refractivity contribution is 5.81. The highest BCUT2D eigenvalue weighted by atomic mass is 16.5. The highest BCUT2D eigenvalue weighted by Crippen LogP contribution is 1.94. The van der Waals surface area contributed by atoms with Gasteiger partial charge in [-0.1, -0.05) is 6.08 Å². The topological polar surface area (TPSA) is 52.6 Å². The van der Waals surface area contributed by atoms with Gasteiger partial charge in [0.15, 0.2) is 0 Å². The minimum atomic E-state index is -0.378. The molecule has 0 aromatic heterocycles. The number of ether oxygens (including phenoxy) is 2. The first-order valence-electron chi connectivity index (χ1n) is 4.69. The van der Waals surface area contributed by atoms with Crippen molar-refractivity contribution in [2.75, 3.05) is 13.2 Å². The van der Waals surface area contributed by atoms with Crippen molar-refractivity contribution in [3.05, 3.63) is 12.2 Å². The van der Waals surface area contributed by atoms with Gasteiger partial charge in [-0.15, -0.1) is 0 Å². The zero-order valence-corrected chi connectivity index (χ0v) is 8.62. The van der Waals surface area contributed by atoms with Crippen molar-refractivity contribution in [1.29, 1.82) is 0 Å². The Hall–Kier alpha value is -1.32. The summed E-state index contributed by atoms with van der Waals surface area (Å²) >= 11 is 0. The Morgan fingerprint density at radius 1 is 1.14 bits per heavy atom. The zero-order valence-electron chi connectivity index (χ0n) is 8.62. The highest BCUT2D eigenvalue weighted by Gasteiger charge is 1.99. The minimum absolute atomic E-state index is 0.249. The fourth-order valence-corrected chi connectivity index (χ4v) is 0.804. The van der Waals surface area contributed by atoms with Gasteiger partial charge in [-0.2, -0.15) is 0 Å². The Kier molecular flexibility index (Phi) is 7.50. The molecular weight excluding hydrogens is 184 g/mol. The maximum atomic E-state index is 10.8. The van der Waals surface area contributed by atoms with Gasteiger partial charge in [0.05, 0.1) is 13.2 Å². The van der Waals surface area contributed by atoms with Crippen LogP contribution in [0.1, 0.15) is 26.7 Å². The predicted octanol–water partition coefficient (Wildman–Crippen LogP) is 1.45. The van der Waals surface area contributed by atoms with E-state index in [9.17, 15) is 9.59 Å². The molecule has 4 heteroatoms. The summed E-state index contributed by atoms with van der Waals surface area (Å²) in [6.45, 7) is 4.25. The van der Waals surface area contributed by atoms with E-state index in [0.717, 1.165) is 0 Å². The third-order valence-electron chi connectivity index (χ3n) is 1.36. The van der Waals surface area contributed by atoms with Crippen LogP contribution in [0, 0.1) is 0 Å². The van der Waals surface area contributed by atoms with E-state index in [1.54, 1.807) is 19.9 Å². The predicted molar refractivity (Wildman–Crippen MR) is 51.6 cm³/mol. The molecule has 0 unspecified atom stereocenters. The average molecular weight is 200 g/mol. The maximum Gasteiger partial charge on any atom is 0.330 e. The summed E-state index contributed by atoms with van der Waals surface area (Å²) in [6, 6.07) is 0. The van der Waals surface area contributed by atoms with Gasteiger partial charge in [0.25, 0.3) is 0 Å². The second-order valence-corrected chi connectivity index (χ2v) is 2.50. The second-order valence-electron chi connectivity index (χ2n) is 2.50. The summed E-state index contributed by atoms with van der Waals surface area (Å²) in [4.78, 5) is 21.6. The smallest absolute Gasteiger partial charge is 0.330 e. The lowest BCUT2D eigenvalue weighted by atomic mass is 10.3. The molecule has 0 bridgehead atoms. The van der Waals surface area contributed by atoms with Crippen molar-refractivity contribution in [2.45, 2.75) is 26.7 Å². The number of rotatable bonds is 6. The molecule has 0 fully saturated rings. The van der Waals surface area contributed by atoms with Crippen molar-refractivity contribution >= 4 is 11.9 Å². The third kappa shape index (κ3) is 7.34. The maximum absolute atomic E-state index is 10.8. The molecule has 0 heterocycles. The van der Waals surface area contributed by atoms with Gasteiger partial charge in [-0.25, -0.2) is 4.79 Å². The minimum Gasteiger partial charge on any atom is -0.466 e. The lowest BCUT2D eigenvalue weighted by Gasteiger charge is -1.98. The largest absolute Gasteiger partial charge is 0.466 e. The van der Waals surface area contributed by atoms with E-state index < -0.39 is 0 Å². The third-order valence-corrected chi connectivity index (χ3v) is 1.36. The Labute approximate surface area is 83.9 Å². The first-order chi connectivity index (χ1) is 6.70. The van der Waals surface area contributed by atoms with Crippen LogP contribution in [0.2, 0.25) is 0 Å². The standard InChI is InChI=1S/C10H16O4/c1-3-13-9(11)7-5-6-8-10(12)14-4-2/h5,7H,3-4,6,8H2,1-2H3. The zero-order chi connectivity index (χ0) is 10.8. The van der Waals surface area contributed by atoms with Gasteiger partial charge >= 0.3 is 11.9 Å². The number of carbonyl (C=O) groups is 2. The molecule has 0 rings (SSSR count). The van der Waals surface area contributed by atoms with Crippen LogP contribution in [0.15, 0.2) is 12.2 Å². The molecule has 0 aliphatic carbocycles. The SMILES string of the molecule is CCOC(=O)C=CCCC(=O)OCC. The first kappa shape index (κ1) is 12.7. The van der Waals surface area contributed by atoms with Crippen LogP contribution in [-0.2, 0) is 19.1 Å². The molecule has 0 radical (unpaired) electrons. The molecule has 0 amide bonds. The van der Waals surface area contributed by atoms with Crippen LogP contribution < -0.4 is 0 Å². The summed E-state index contributed by atoms with van der Waals surface area (Å²) in [5, 5.41) is 0. The van der Waals surface area contributed by atoms with E-state index >= 15 is 0 Å². The van der Waals surface area contributed by atoms with E-state index in [-0.39, 0.29) is 11.9 Å². The second kappa shape index (κ2) is 8.29. The van der Waals surface area contributed by atoms with Crippen molar-refractivity contribution in [2.24, 2.45) is 0 Å². The lowest BCUT2D eigenvalue weighted by molar-refractivity contribution is -0.143. The van der Waals surface area contributed by atoms with Crippen LogP contribution in [0.3, 0.4) is 0 Å². The van der Waals surface area contributed by atoms with Crippen LogP contribution in [0.25, 0.3) is 0 Å². The van der Waals surface area contributed by atoms with Crippen LogP contribution in [0.5, 0.6) is 0 Å². The molecule has 4 nitrogen and oxygen atoms in total. The molecule has 0 atom stereocenters. The van der Waals surface area contributed by atoms with Crippen molar-refractivity contribution in [1.82, 2.24) is 0 Å². The number of hydrogen-bond acceptors (Lipinski definition) is 4. The molecule has 0 aromatic carbocycles. The Balaban J connectivity index is 3.52. The average Bonchev–Trinajstić information content (AvgIpc) is 2.13. The molecular formula is C10H16O4. The normalized spacial score (nSPS) is 10.1. The van der Waals surface area contributed by atoms with Crippen LogP contribution in [0.4, 0.5) is 0 Å². The van der Waals surface area contributed by atoms with E-state index in [0.29, 0.717) is 26.1 Å². The summed E-state index contributed by atoms with van der Waals surface area (Å²) in [6.07, 6.45) is 3.72. The van der Waals surface area contributed by atoms with Gasteiger partial charge in [-0.3, -0.25) is 4.79 Å². The van der Waals surface area contributed by atoms with Crippen molar-refractivity contribution in [3.8, 4) is 0 Å². The Morgan fingerprint density at radius 3 is 2.36 bits per heavy atom. The summed E-state index contributed by atoms with van der Waals surface area (Å²) in [5.74, 6) is -0.627. The van der Waals surface area contributed by atoms with Crippen LogP contribution in [-0.4, -0.2) is 25.2 Å². The summed E-state index contributed by atoms with van der Waals surface area (Å²) < 4.78 is 9.36. The molecule has 14 heavy (non-hydrogen) atoms. The molecule has 0 saturated heterocycles. The quantitative estimate of drug-likeness (QED) is 0.481. The Bertz CT molecular complexity index is 208. The fraction of sp³-hybridized carbons (Fsp3) is 0.600. The van der Waals surface area contributed by atoms with E-state index in [4.69, 9.17) is 4.74 Å². The fourth-order valence-electron chi connectivity index (χ4n) is 0.804. The summed E-state index contributed by atoms with van der Waals surface area (Å²) in [5.41, 5.74) is 0. The molecule has 0 aliphatic rings.